The number of hydrogen-bond acceptors (Lipinski definition) is 2. The van der Waals surface area contributed by atoms with Gasteiger partial charge in [0.25, 0.3) is 0 Å². The Labute approximate surface area is 116 Å². The predicted octanol–water partition coefficient (Wildman–Crippen LogP) is 2.77. The molecule has 0 saturated carbocycles. The van der Waals surface area contributed by atoms with E-state index in [2.05, 4.69) is 0 Å². The Morgan fingerprint density at radius 2 is 1.95 bits per heavy atom. The summed E-state index contributed by atoms with van der Waals surface area (Å²) >= 11 is 5.97. The van der Waals surface area contributed by atoms with Gasteiger partial charge in [0, 0.05) is 24.0 Å². The van der Waals surface area contributed by atoms with Crippen LogP contribution < -0.4 is 5.69 Å². The van der Waals surface area contributed by atoms with Gasteiger partial charge in [0.2, 0.25) is 0 Å². The Kier molecular flexibility index (Phi) is 3.90. The minimum absolute atomic E-state index is 0.00227. The van der Waals surface area contributed by atoms with E-state index in [0.717, 1.165) is 0 Å². The molecule has 0 radical (unpaired) electrons. The number of carbonyl (C=O) groups excluding carboxylic acids is 1. The fourth-order valence-electron chi connectivity index (χ4n) is 1.87. The summed E-state index contributed by atoms with van der Waals surface area (Å²) in [7, 11) is 0. The van der Waals surface area contributed by atoms with Crippen LogP contribution in [0.15, 0.2) is 41.5 Å². The molecule has 2 rings (SSSR count). The zero-order chi connectivity index (χ0) is 14.0. The summed E-state index contributed by atoms with van der Waals surface area (Å²) in [4.78, 5) is 24.1. The molecule has 0 unspecified atom stereocenters. The molecule has 0 fully saturated rings. The smallest absolute Gasteiger partial charge is 0.297 e. The van der Waals surface area contributed by atoms with Crippen molar-refractivity contribution in [2.75, 3.05) is 0 Å². The highest BCUT2D eigenvalue weighted by atomic mass is 35.5. The molecule has 19 heavy (non-hydrogen) atoms. The highest BCUT2D eigenvalue weighted by molar-refractivity contribution is 6.33. The first-order valence-corrected chi connectivity index (χ1v) is 6.43. The van der Waals surface area contributed by atoms with Crippen LogP contribution in [0.2, 0.25) is 5.02 Å². The van der Waals surface area contributed by atoms with Gasteiger partial charge in [-0.3, -0.25) is 13.9 Å². The summed E-state index contributed by atoms with van der Waals surface area (Å²) < 4.78 is 2.98. The number of nitrogens with zero attached hydrogens (tertiary/aromatic N) is 2. The number of hydrogen-bond donors (Lipinski definition) is 0. The van der Waals surface area contributed by atoms with Crippen LogP contribution in [0.1, 0.15) is 30.2 Å². The third kappa shape index (κ3) is 2.79. The van der Waals surface area contributed by atoms with Gasteiger partial charge in [-0.05, 0) is 26.0 Å². The van der Waals surface area contributed by atoms with Gasteiger partial charge in [0.1, 0.15) is 0 Å². The zero-order valence-electron chi connectivity index (χ0n) is 10.8. The minimum atomic E-state index is -0.185. The van der Waals surface area contributed by atoms with E-state index in [0.29, 0.717) is 10.6 Å². The van der Waals surface area contributed by atoms with E-state index in [4.69, 9.17) is 11.6 Å². The van der Waals surface area contributed by atoms with Crippen LogP contribution in [0.5, 0.6) is 0 Å². The molecule has 5 heteroatoms. The molecule has 1 aromatic carbocycles. The molecule has 100 valence electrons. The molecule has 0 aliphatic rings. The third-order valence-corrected chi connectivity index (χ3v) is 3.25. The van der Waals surface area contributed by atoms with Crippen LogP contribution in [0, 0.1) is 0 Å². The first-order valence-electron chi connectivity index (χ1n) is 6.05. The molecule has 1 aromatic heterocycles. The molecule has 0 aliphatic heterocycles. The first kappa shape index (κ1) is 13.6. The van der Waals surface area contributed by atoms with Crippen molar-refractivity contribution < 1.29 is 4.79 Å². The Bertz CT molecular complexity index is 655. The fraction of sp³-hybridized carbons (Fsp3) is 0.286. The second-order valence-corrected chi connectivity index (χ2v) is 5.02. The van der Waals surface area contributed by atoms with Gasteiger partial charge in [0.15, 0.2) is 5.78 Å². The summed E-state index contributed by atoms with van der Waals surface area (Å²) in [5.74, 6) is -0.172. The quantitative estimate of drug-likeness (QED) is 0.807. The number of halogens is 1. The number of imidazole rings is 1. The average molecular weight is 279 g/mol. The van der Waals surface area contributed by atoms with E-state index in [1.807, 2.05) is 13.8 Å². The Balaban J connectivity index is 2.25. The van der Waals surface area contributed by atoms with Crippen LogP contribution in [-0.4, -0.2) is 14.9 Å². The molecule has 4 nitrogen and oxygen atoms in total. The largest absolute Gasteiger partial charge is 0.328 e. The number of benzene rings is 1. The van der Waals surface area contributed by atoms with Crippen LogP contribution >= 0.6 is 11.6 Å². The van der Waals surface area contributed by atoms with Crippen LogP contribution in [0.25, 0.3) is 0 Å². The zero-order valence-corrected chi connectivity index (χ0v) is 11.6. The number of carbonyl (C=O) groups is 1. The fourth-order valence-corrected chi connectivity index (χ4v) is 2.11. The molecule has 0 aliphatic carbocycles. The maximum Gasteiger partial charge on any atom is 0.328 e. The van der Waals surface area contributed by atoms with Gasteiger partial charge in [-0.15, -0.1) is 0 Å². The van der Waals surface area contributed by atoms with Crippen LogP contribution in [0.4, 0.5) is 0 Å². The molecule has 0 amide bonds. The molecule has 0 bridgehead atoms. The lowest BCUT2D eigenvalue weighted by Crippen LogP contribution is -2.27. The Morgan fingerprint density at radius 1 is 1.26 bits per heavy atom. The van der Waals surface area contributed by atoms with E-state index in [9.17, 15) is 9.59 Å². The lowest BCUT2D eigenvalue weighted by molar-refractivity contribution is 0.0970. The molecule has 0 spiro atoms. The topological polar surface area (TPSA) is 44.0 Å². The summed E-state index contributed by atoms with van der Waals surface area (Å²) in [6.07, 6.45) is 3.31. The van der Waals surface area contributed by atoms with E-state index in [-0.39, 0.29) is 24.1 Å². The van der Waals surface area contributed by atoms with E-state index < -0.39 is 0 Å². The number of ketones is 1. The number of Topliss-reactive ketones (excluding diaryl/α,β-unsaturated/α-hetero) is 1. The lowest BCUT2D eigenvalue weighted by atomic mass is 10.1. The van der Waals surface area contributed by atoms with Crippen molar-refractivity contribution in [3.63, 3.8) is 0 Å². The molecule has 1 heterocycles. The van der Waals surface area contributed by atoms with Gasteiger partial charge < -0.3 is 0 Å². The standard InChI is InChI=1S/C14H15ClN2O2/c1-10(2)17-8-7-16(14(17)19)9-13(18)11-5-3-4-6-12(11)15/h3-8,10H,9H2,1-2H3. The van der Waals surface area contributed by atoms with Gasteiger partial charge in [-0.2, -0.15) is 0 Å². The Morgan fingerprint density at radius 3 is 2.53 bits per heavy atom. The SMILES string of the molecule is CC(C)n1ccn(CC(=O)c2ccccc2Cl)c1=O. The third-order valence-electron chi connectivity index (χ3n) is 2.92. The van der Waals surface area contributed by atoms with Gasteiger partial charge >= 0.3 is 5.69 Å². The van der Waals surface area contributed by atoms with E-state index in [1.165, 1.54) is 4.57 Å². The highest BCUT2D eigenvalue weighted by Gasteiger charge is 2.13. The second kappa shape index (κ2) is 5.45. The van der Waals surface area contributed by atoms with Crippen molar-refractivity contribution in [1.82, 2.24) is 9.13 Å². The summed E-state index contributed by atoms with van der Waals surface area (Å²) in [6.45, 7) is 3.84. The molecular formula is C14H15ClN2O2. The number of rotatable bonds is 4. The maximum atomic E-state index is 12.1. The van der Waals surface area contributed by atoms with Crippen molar-refractivity contribution in [2.24, 2.45) is 0 Å². The molecule has 0 N–H and O–H groups in total. The first-order chi connectivity index (χ1) is 9.00. The van der Waals surface area contributed by atoms with Crippen LogP contribution in [0.3, 0.4) is 0 Å². The second-order valence-electron chi connectivity index (χ2n) is 4.61. The maximum absolute atomic E-state index is 12.1. The van der Waals surface area contributed by atoms with Crippen molar-refractivity contribution in [3.05, 3.63) is 57.7 Å². The average Bonchev–Trinajstić information content (AvgIpc) is 2.71. The van der Waals surface area contributed by atoms with Crippen LogP contribution in [-0.2, 0) is 6.54 Å². The molecule has 0 atom stereocenters. The van der Waals surface area contributed by atoms with E-state index in [1.54, 1.807) is 41.2 Å². The van der Waals surface area contributed by atoms with Gasteiger partial charge in [-0.25, -0.2) is 4.79 Å². The van der Waals surface area contributed by atoms with Crippen molar-refractivity contribution in [1.29, 1.82) is 0 Å². The van der Waals surface area contributed by atoms with Gasteiger partial charge in [0.05, 0.1) is 11.6 Å². The minimum Gasteiger partial charge on any atom is -0.297 e. The van der Waals surface area contributed by atoms with Crippen molar-refractivity contribution in [3.8, 4) is 0 Å². The molecule has 0 saturated heterocycles. The van der Waals surface area contributed by atoms with Crippen molar-refractivity contribution >= 4 is 17.4 Å². The molecule has 2 aromatic rings. The summed E-state index contributed by atoms with van der Waals surface area (Å²) in [5, 5.41) is 0.406. The monoisotopic (exact) mass is 278 g/mol. The Hall–Kier alpha value is -1.81. The van der Waals surface area contributed by atoms with Gasteiger partial charge in [-0.1, -0.05) is 23.7 Å². The predicted molar refractivity (Wildman–Crippen MR) is 74.9 cm³/mol. The highest BCUT2D eigenvalue weighted by Crippen LogP contribution is 2.15. The number of aromatic nitrogens is 2. The normalized spacial score (nSPS) is 10.9. The molecular weight excluding hydrogens is 264 g/mol. The van der Waals surface area contributed by atoms with E-state index >= 15 is 0 Å². The lowest BCUT2D eigenvalue weighted by Gasteiger charge is -2.05. The van der Waals surface area contributed by atoms with Crippen molar-refractivity contribution in [2.45, 2.75) is 26.4 Å². The summed E-state index contributed by atoms with van der Waals surface area (Å²) in [6, 6.07) is 6.91. The summed E-state index contributed by atoms with van der Waals surface area (Å²) in [5.41, 5.74) is 0.253.